The van der Waals surface area contributed by atoms with Gasteiger partial charge < -0.3 is 10.6 Å². The van der Waals surface area contributed by atoms with Gasteiger partial charge in [0.1, 0.15) is 5.69 Å². The third-order valence-corrected chi connectivity index (χ3v) is 6.91. The van der Waals surface area contributed by atoms with Crippen molar-refractivity contribution < 1.29 is 18.0 Å². The van der Waals surface area contributed by atoms with Gasteiger partial charge in [-0.15, -0.1) is 0 Å². The highest BCUT2D eigenvalue weighted by Gasteiger charge is 2.35. The van der Waals surface area contributed by atoms with Crippen molar-refractivity contribution in [2.24, 2.45) is 0 Å². The maximum Gasteiger partial charge on any atom is 0.274 e. The molecule has 2 heterocycles. The monoisotopic (exact) mass is 402 g/mol. The molecule has 1 aromatic carbocycles. The molecule has 9 heteroatoms. The smallest absolute Gasteiger partial charge is 0.274 e. The van der Waals surface area contributed by atoms with Gasteiger partial charge in [-0.2, -0.15) is 5.10 Å². The second-order valence-electron chi connectivity index (χ2n) is 7.34. The van der Waals surface area contributed by atoms with Crippen molar-refractivity contribution in [2.45, 2.75) is 38.6 Å². The van der Waals surface area contributed by atoms with E-state index in [1.165, 1.54) is 6.92 Å². The van der Waals surface area contributed by atoms with Gasteiger partial charge in [0.05, 0.1) is 23.2 Å². The summed E-state index contributed by atoms with van der Waals surface area (Å²) in [6, 6.07) is 6.55. The number of anilines is 2. The van der Waals surface area contributed by atoms with Crippen molar-refractivity contribution in [3.8, 4) is 0 Å². The minimum absolute atomic E-state index is 0.0270. The van der Waals surface area contributed by atoms with Gasteiger partial charge in [-0.3, -0.25) is 14.3 Å². The lowest BCUT2D eigenvalue weighted by atomic mass is 10.1. The molecule has 2 N–H and O–H groups in total. The molecule has 0 bridgehead atoms. The van der Waals surface area contributed by atoms with E-state index in [-0.39, 0.29) is 29.4 Å². The van der Waals surface area contributed by atoms with Crippen LogP contribution in [0.25, 0.3) is 0 Å². The average molecular weight is 402 g/mol. The lowest BCUT2D eigenvalue weighted by Gasteiger charge is -2.15. The number of benzene rings is 1. The first-order chi connectivity index (χ1) is 13.3. The van der Waals surface area contributed by atoms with Crippen molar-refractivity contribution in [2.75, 3.05) is 22.1 Å². The Kier molecular flexibility index (Phi) is 4.70. The van der Waals surface area contributed by atoms with Crippen molar-refractivity contribution in [1.82, 2.24) is 9.78 Å². The number of carbonyl (C=O) groups is 2. The molecule has 1 aliphatic heterocycles. The number of carbonyl (C=O) groups excluding carboxylic acids is 2. The number of amides is 2. The van der Waals surface area contributed by atoms with Crippen LogP contribution in [0.1, 0.15) is 47.6 Å². The van der Waals surface area contributed by atoms with E-state index in [0.717, 1.165) is 30.5 Å². The molecule has 8 nitrogen and oxygen atoms in total. The summed E-state index contributed by atoms with van der Waals surface area (Å²) < 4.78 is 25.4. The van der Waals surface area contributed by atoms with E-state index in [4.69, 9.17) is 0 Å². The van der Waals surface area contributed by atoms with Gasteiger partial charge in [0.15, 0.2) is 9.84 Å². The van der Waals surface area contributed by atoms with Crippen LogP contribution < -0.4 is 10.6 Å². The molecule has 1 aliphatic carbocycles. The molecule has 2 aromatic rings. The zero-order valence-corrected chi connectivity index (χ0v) is 16.4. The predicted octanol–water partition coefficient (Wildman–Crippen LogP) is 1.94. The second-order valence-corrected chi connectivity index (χ2v) is 9.57. The summed E-state index contributed by atoms with van der Waals surface area (Å²) in [5, 5.41) is 10.1. The van der Waals surface area contributed by atoms with Crippen LogP contribution in [0.2, 0.25) is 0 Å². The quantitative estimate of drug-likeness (QED) is 0.812. The van der Waals surface area contributed by atoms with E-state index in [0.29, 0.717) is 23.5 Å². The first-order valence-corrected chi connectivity index (χ1v) is 11.1. The van der Waals surface area contributed by atoms with Gasteiger partial charge in [-0.25, -0.2) is 8.42 Å². The van der Waals surface area contributed by atoms with Crippen LogP contribution in [0.15, 0.2) is 24.3 Å². The molecule has 4 rings (SSSR count). The van der Waals surface area contributed by atoms with Crippen molar-refractivity contribution in [3.05, 3.63) is 41.2 Å². The highest BCUT2D eigenvalue weighted by molar-refractivity contribution is 7.91. The van der Waals surface area contributed by atoms with Gasteiger partial charge in [0.25, 0.3) is 5.91 Å². The largest absolute Gasteiger partial charge is 0.326 e. The minimum Gasteiger partial charge on any atom is -0.326 e. The topological polar surface area (TPSA) is 110 Å². The molecule has 1 saturated heterocycles. The number of aryl methyl sites for hydroxylation is 1. The van der Waals surface area contributed by atoms with E-state index in [1.54, 1.807) is 28.9 Å². The molecule has 1 aromatic heterocycles. The molecule has 2 aliphatic rings. The third kappa shape index (κ3) is 3.66. The molecule has 2 amide bonds. The lowest BCUT2D eigenvalue weighted by molar-refractivity contribution is -0.114. The Balaban J connectivity index is 1.59. The van der Waals surface area contributed by atoms with E-state index in [9.17, 15) is 18.0 Å². The molecule has 1 atom stereocenters. The Labute approximate surface area is 163 Å². The van der Waals surface area contributed by atoms with Crippen LogP contribution in [-0.4, -0.2) is 41.5 Å². The highest BCUT2D eigenvalue weighted by Crippen LogP contribution is 2.31. The number of nitrogens with one attached hydrogen (secondary N) is 2. The Bertz CT molecular complexity index is 1040. The summed E-state index contributed by atoms with van der Waals surface area (Å²) in [6.45, 7) is 1.43. The summed E-state index contributed by atoms with van der Waals surface area (Å²) in [5.41, 5.74) is 3.54. The van der Waals surface area contributed by atoms with Crippen LogP contribution >= 0.6 is 0 Å². The van der Waals surface area contributed by atoms with Gasteiger partial charge >= 0.3 is 0 Å². The minimum atomic E-state index is -3.08. The van der Waals surface area contributed by atoms with Crippen LogP contribution in [0.4, 0.5) is 11.4 Å². The van der Waals surface area contributed by atoms with E-state index in [1.807, 2.05) is 0 Å². The molecule has 0 radical (unpaired) electrons. The predicted molar refractivity (Wildman–Crippen MR) is 105 cm³/mol. The standard InChI is InChI=1S/C19H22N4O4S/c1-12(24)20-13-5-7-14(8-6-13)21-19(25)18-16-3-2-4-17(16)22-23(18)15-9-10-28(26,27)11-15/h5-8,15H,2-4,9-11H2,1H3,(H,20,24)(H,21,25)/t15-/m0/s1. The van der Waals surface area contributed by atoms with Gasteiger partial charge in [0.2, 0.25) is 5.91 Å². The lowest BCUT2D eigenvalue weighted by Crippen LogP contribution is -2.23. The summed E-state index contributed by atoms with van der Waals surface area (Å²) >= 11 is 0. The SMILES string of the molecule is CC(=O)Nc1ccc(NC(=O)c2c3c(nn2[C@H]2CCS(=O)(=O)C2)CCC3)cc1. The Morgan fingerprint density at radius 1 is 1.11 bits per heavy atom. The molecule has 28 heavy (non-hydrogen) atoms. The zero-order chi connectivity index (χ0) is 19.9. The zero-order valence-electron chi connectivity index (χ0n) is 15.6. The fourth-order valence-corrected chi connectivity index (χ4v) is 5.61. The first kappa shape index (κ1) is 18.7. The fraction of sp³-hybridized carbons (Fsp3) is 0.421. The van der Waals surface area contributed by atoms with Crippen LogP contribution in [0.5, 0.6) is 0 Å². The van der Waals surface area contributed by atoms with E-state index in [2.05, 4.69) is 15.7 Å². The van der Waals surface area contributed by atoms with Crippen LogP contribution in [0, 0.1) is 0 Å². The Morgan fingerprint density at radius 2 is 1.79 bits per heavy atom. The molecular formula is C19H22N4O4S. The maximum absolute atomic E-state index is 13.0. The van der Waals surface area contributed by atoms with Crippen molar-refractivity contribution in [3.63, 3.8) is 0 Å². The van der Waals surface area contributed by atoms with Gasteiger partial charge in [-0.1, -0.05) is 0 Å². The Morgan fingerprint density at radius 3 is 2.39 bits per heavy atom. The van der Waals surface area contributed by atoms with Gasteiger partial charge in [0, 0.05) is 23.9 Å². The summed E-state index contributed by atoms with van der Waals surface area (Å²) in [7, 11) is -3.08. The number of sulfone groups is 1. The normalized spacial score (nSPS) is 20.0. The van der Waals surface area contributed by atoms with Crippen LogP contribution in [-0.2, 0) is 27.5 Å². The summed E-state index contributed by atoms with van der Waals surface area (Å²) in [5.74, 6) is -0.289. The van der Waals surface area contributed by atoms with Crippen LogP contribution in [0.3, 0.4) is 0 Å². The van der Waals surface area contributed by atoms with Crippen molar-refractivity contribution in [1.29, 1.82) is 0 Å². The first-order valence-electron chi connectivity index (χ1n) is 9.32. The Hall–Kier alpha value is -2.68. The molecule has 148 valence electrons. The fourth-order valence-electron chi connectivity index (χ4n) is 3.92. The number of rotatable bonds is 4. The maximum atomic E-state index is 13.0. The number of aromatic nitrogens is 2. The number of hydrogen-bond donors (Lipinski definition) is 2. The van der Waals surface area contributed by atoms with E-state index < -0.39 is 9.84 Å². The molecule has 0 saturated carbocycles. The van der Waals surface area contributed by atoms with Crippen molar-refractivity contribution >= 4 is 33.0 Å². The summed E-state index contributed by atoms with van der Waals surface area (Å²) in [4.78, 5) is 24.2. The summed E-state index contributed by atoms with van der Waals surface area (Å²) in [6.07, 6.45) is 3.02. The highest BCUT2D eigenvalue weighted by atomic mass is 32.2. The van der Waals surface area contributed by atoms with Gasteiger partial charge in [-0.05, 0) is 49.9 Å². The molecule has 0 unspecified atom stereocenters. The average Bonchev–Trinajstić information content (AvgIpc) is 3.29. The molecular weight excluding hydrogens is 380 g/mol. The number of nitrogens with zero attached hydrogens (tertiary/aromatic N) is 2. The third-order valence-electron chi connectivity index (χ3n) is 5.16. The molecule has 0 spiro atoms. The number of fused-ring (bicyclic) bond motifs is 1. The second kappa shape index (κ2) is 7.05. The van der Waals surface area contributed by atoms with E-state index >= 15 is 0 Å². The molecule has 1 fully saturated rings. The number of hydrogen-bond acceptors (Lipinski definition) is 5.